The summed E-state index contributed by atoms with van der Waals surface area (Å²) in [7, 11) is 1.38. The molecule has 0 unspecified atom stereocenters. The topological polar surface area (TPSA) is 75.7 Å². The number of nitrogens with one attached hydrogen (secondary N) is 1. The quantitative estimate of drug-likeness (QED) is 0.627. The summed E-state index contributed by atoms with van der Waals surface area (Å²) in [5.41, 5.74) is -0.875. The van der Waals surface area contributed by atoms with Crippen LogP contribution in [0.1, 0.15) is 0 Å². The number of fused-ring (bicyclic) bond motifs is 1. The van der Waals surface area contributed by atoms with E-state index >= 15 is 0 Å². The molecule has 1 aromatic rings. The fourth-order valence-corrected chi connectivity index (χ4v) is 3.71. The van der Waals surface area contributed by atoms with E-state index in [1.54, 1.807) is 36.4 Å². The molecular weight excluding hydrogens is 284 g/mol. The van der Waals surface area contributed by atoms with Crippen LogP contribution in [0.4, 0.5) is 5.69 Å². The normalized spacial score (nSPS) is 35.8. The van der Waals surface area contributed by atoms with Gasteiger partial charge in [0.25, 0.3) is 5.91 Å². The maximum absolute atomic E-state index is 12.9. The second kappa shape index (κ2) is 4.27. The van der Waals surface area contributed by atoms with E-state index < -0.39 is 23.5 Å². The number of hydrogen-bond acceptors (Lipinski definition) is 4. The van der Waals surface area contributed by atoms with Gasteiger partial charge < -0.3 is 10.1 Å². The van der Waals surface area contributed by atoms with Gasteiger partial charge in [-0.15, -0.1) is 0 Å². The standard InChI is InChI=1S/C16H14N2O4/c1-22-16-8-7-10(17-15(16)21)11-12(16)14(20)18(13(11)19)9-5-3-2-4-6-9/h2-8,10-12H,1H3,(H,17,21)/t10-,11+,12-,16-/m0/s1. The number of hydrogen-bond donors (Lipinski definition) is 1. The third-order valence-electron chi connectivity index (χ3n) is 4.76. The molecule has 4 atom stereocenters. The van der Waals surface area contributed by atoms with Crippen molar-refractivity contribution in [2.24, 2.45) is 11.8 Å². The van der Waals surface area contributed by atoms with Crippen molar-refractivity contribution in [2.45, 2.75) is 11.6 Å². The Balaban J connectivity index is 1.84. The number of amides is 3. The van der Waals surface area contributed by atoms with E-state index in [0.29, 0.717) is 5.69 Å². The van der Waals surface area contributed by atoms with E-state index in [1.807, 2.05) is 6.07 Å². The number of methoxy groups -OCH3 is 1. The molecule has 1 aromatic carbocycles. The molecule has 0 spiro atoms. The van der Waals surface area contributed by atoms with Crippen LogP contribution in [0.3, 0.4) is 0 Å². The summed E-state index contributed by atoms with van der Waals surface area (Å²) in [6, 6.07) is 8.29. The molecule has 1 N–H and O–H groups in total. The molecule has 2 saturated heterocycles. The van der Waals surface area contributed by atoms with Gasteiger partial charge in [0.2, 0.25) is 11.8 Å². The highest BCUT2D eigenvalue weighted by Gasteiger charge is 2.67. The Bertz CT molecular complexity index is 714. The van der Waals surface area contributed by atoms with Gasteiger partial charge >= 0.3 is 0 Å². The van der Waals surface area contributed by atoms with Crippen LogP contribution < -0.4 is 10.2 Å². The van der Waals surface area contributed by atoms with Gasteiger partial charge in [-0.3, -0.25) is 14.4 Å². The average Bonchev–Trinajstić information content (AvgIpc) is 2.82. The lowest BCUT2D eigenvalue weighted by molar-refractivity contribution is -0.160. The van der Waals surface area contributed by atoms with Gasteiger partial charge in [-0.1, -0.05) is 24.3 Å². The van der Waals surface area contributed by atoms with Crippen molar-refractivity contribution in [3.63, 3.8) is 0 Å². The smallest absolute Gasteiger partial charge is 0.257 e. The molecule has 6 nitrogen and oxygen atoms in total. The molecule has 1 aliphatic carbocycles. The Morgan fingerprint density at radius 2 is 1.86 bits per heavy atom. The monoisotopic (exact) mass is 298 g/mol. The van der Waals surface area contributed by atoms with Crippen LogP contribution in [0.25, 0.3) is 0 Å². The minimum atomic E-state index is -1.39. The fourth-order valence-electron chi connectivity index (χ4n) is 3.71. The van der Waals surface area contributed by atoms with Gasteiger partial charge in [0.1, 0.15) is 0 Å². The zero-order valence-corrected chi connectivity index (χ0v) is 11.9. The van der Waals surface area contributed by atoms with Gasteiger partial charge in [0, 0.05) is 7.11 Å². The third kappa shape index (κ3) is 1.40. The molecule has 2 bridgehead atoms. The molecule has 5 rings (SSSR count). The van der Waals surface area contributed by atoms with E-state index in [4.69, 9.17) is 4.74 Å². The number of imide groups is 1. The maximum atomic E-state index is 12.9. The number of piperidine rings is 1. The summed E-state index contributed by atoms with van der Waals surface area (Å²) in [5.74, 6) is -2.46. The zero-order chi connectivity index (χ0) is 15.5. The van der Waals surface area contributed by atoms with Crippen LogP contribution in [0.5, 0.6) is 0 Å². The van der Waals surface area contributed by atoms with Crippen LogP contribution in [0.15, 0.2) is 42.5 Å². The van der Waals surface area contributed by atoms with Crippen molar-refractivity contribution in [1.82, 2.24) is 5.32 Å². The van der Waals surface area contributed by atoms with Gasteiger partial charge in [-0.05, 0) is 18.2 Å². The van der Waals surface area contributed by atoms with E-state index in [2.05, 4.69) is 5.32 Å². The number of ether oxygens (including phenoxy) is 1. The number of carbonyl (C=O) groups excluding carboxylic acids is 3. The van der Waals surface area contributed by atoms with Crippen LogP contribution >= 0.6 is 0 Å². The molecule has 3 amide bonds. The SMILES string of the molecule is CO[C@]12C=C[C@H](NC1=O)[C@H]1C(=O)N(c3ccccc3)C(=O)[C@H]12. The first kappa shape index (κ1) is 13.2. The molecule has 3 aliphatic heterocycles. The zero-order valence-electron chi connectivity index (χ0n) is 11.9. The highest BCUT2D eigenvalue weighted by atomic mass is 16.5. The summed E-state index contributed by atoms with van der Waals surface area (Å²) in [6.07, 6.45) is 3.35. The lowest BCUT2D eigenvalue weighted by atomic mass is 9.68. The first-order chi connectivity index (χ1) is 10.6. The molecule has 6 heteroatoms. The number of benzene rings is 1. The number of anilines is 1. The maximum Gasteiger partial charge on any atom is 0.257 e. The second-order valence-electron chi connectivity index (χ2n) is 5.71. The Morgan fingerprint density at radius 1 is 1.14 bits per heavy atom. The highest BCUT2D eigenvalue weighted by Crippen LogP contribution is 2.47. The van der Waals surface area contributed by atoms with Gasteiger partial charge in [0.15, 0.2) is 5.60 Å². The molecule has 4 aliphatic rings. The minimum absolute atomic E-state index is 0.294. The number of nitrogens with zero attached hydrogens (tertiary/aromatic N) is 1. The molecule has 3 heterocycles. The largest absolute Gasteiger partial charge is 0.363 e. The van der Waals surface area contributed by atoms with E-state index in [9.17, 15) is 14.4 Å². The summed E-state index contributed by atoms with van der Waals surface area (Å²) >= 11 is 0. The predicted octanol–water partition coefficient (Wildman–Crippen LogP) is 0.246. The van der Waals surface area contributed by atoms with Crippen molar-refractivity contribution in [3.05, 3.63) is 42.5 Å². The van der Waals surface area contributed by atoms with Crippen molar-refractivity contribution in [2.75, 3.05) is 12.0 Å². The molecule has 0 aromatic heterocycles. The molecule has 22 heavy (non-hydrogen) atoms. The van der Waals surface area contributed by atoms with E-state index in [0.717, 1.165) is 0 Å². The van der Waals surface area contributed by atoms with E-state index in [-0.39, 0.29) is 17.7 Å². The fraction of sp³-hybridized carbons (Fsp3) is 0.312. The number of rotatable bonds is 2. The van der Waals surface area contributed by atoms with Gasteiger partial charge in [0.05, 0.1) is 23.6 Å². The van der Waals surface area contributed by atoms with Crippen LogP contribution in [-0.2, 0) is 19.1 Å². The average molecular weight is 298 g/mol. The first-order valence-electron chi connectivity index (χ1n) is 7.08. The Labute approximate surface area is 126 Å². The highest BCUT2D eigenvalue weighted by molar-refractivity contribution is 6.25. The molecule has 0 radical (unpaired) electrons. The van der Waals surface area contributed by atoms with Crippen LogP contribution in [0.2, 0.25) is 0 Å². The van der Waals surface area contributed by atoms with Crippen molar-refractivity contribution < 1.29 is 19.1 Å². The summed E-state index contributed by atoms with van der Waals surface area (Å²) in [6.45, 7) is 0. The van der Waals surface area contributed by atoms with Crippen molar-refractivity contribution in [3.8, 4) is 0 Å². The van der Waals surface area contributed by atoms with Crippen LogP contribution in [-0.4, -0.2) is 36.5 Å². The Hall–Kier alpha value is -2.47. The summed E-state index contributed by atoms with van der Waals surface area (Å²) < 4.78 is 5.40. The molecule has 2 fully saturated rings. The van der Waals surface area contributed by atoms with Gasteiger partial charge in [-0.25, -0.2) is 4.90 Å². The van der Waals surface area contributed by atoms with Crippen molar-refractivity contribution >= 4 is 23.4 Å². The number of carbonyl (C=O) groups is 3. The van der Waals surface area contributed by atoms with Crippen molar-refractivity contribution in [1.29, 1.82) is 0 Å². The Kier molecular flexibility index (Phi) is 2.56. The lowest BCUT2D eigenvalue weighted by Gasteiger charge is -2.45. The molecular formula is C16H14N2O4. The third-order valence-corrected chi connectivity index (χ3v) is 4.76. The predicted molar refractivity (Wildman–Crippen MR) is 76.7 cm³/mol. The van der Waals surface area contributed by atoms with Gasteiger partial charge in [-0.2, -0.15) is 0 Å². The second-order valence-corrected chi connectivity index (χ2v) is 5.71. The Morgan fingerprint density at radius 3 is 2.50 bits per heavy atom. The van der Waals surface area contributed by atoms with Crippen LogP contribution in [0, 0.1) is 11.8 Å². The summed E-state index contributed by atoms with van der Waals surface area (Å²) in [4.78, 5) is 39.1. The van der Waals surface area contributed by atoms with E-state index in [1.165, 1.54) is 12.0 Å². The number of para-hydroxylation sites is 1. The minimum Gasteiger partial charge on any atom is -0.363 e. The lowest BCUT2D eigenvalue weighted by Crippen LogP contribution is -2.68. The first-order valence-corrected chi connectivity index (χ1v) is 7.08. The molecule has 112 valence electrons. The molecule has 0 saturated carbocycles. The summed E-state index contributed by atoms with van der Waals surface area (Å²) in [5, 5.41) is 2.75.